The minimum absolute atomic E-state index is 0.289. The lowest BCUT2D eigenvalue weighted by Gasteiger charge is -2.01. The molecule has 1 heterocycles. The van der Waals surface area contributed by atoms with Crippen LogP contribution in [0.5, 0.6) is 0 Å². The van der Waals surface area contributed by atoms with Gasteiger partial charge in [-0.2, -0.15) is 4.98 Å². The molecule has 0 atom stereocenters. The molecule has 1 aromatic rings. The van der Waals surface area contributed by atoms with E-state index >= 15 is 0 Å². The maximum Gasteiger partial charge on any atom is 0.228 e. The van der Waals surface area contributed by atoms with E-state index in [9.17, 15) is 0 Å². The van der Waals surface area contributed by atoms with E-state index in [4.69, 9.17) is 10.3 Å². The number of nitrogens with one attached hydrogen (secondary N) is 1. The molecule has 0 spiro atoms. The summed E-state index contributed by atoms with van der Waals surface area (Å²) in [6.45, 7) is 4.64. The molecule has 0 aliphatic heterocycles. The van der Waals surface area contributed by atoms with Crippen LogP contribution in [0, 0.1) is 0 Å². The van der Waals surface area contributed by atoms with Gasteiger partial charge in [-0.3, -0.25) is 4.99 Å². The first-order valence-corrected chi connectivity index (χ1v) is 6.04. The van der Waals surface area contributed by atoms with Crippen molar-refractivity contribution in [3.05, 3.63) is 11.7 Å². The van der Waals surface area contributed by atoms with Gasteiger partial charge in [0.2, 0.25) is 5.89 Å². The largest absolute Gasteiger partial charge is 0.370 e. The first-order chi connectivity index (χ1) is 8.15. The standard InChI is InChI=1S/C11H19N5O/c1-7(2)10-15-9(17-16-10)5-6-13-11(12)14-8-3-4-8/h7-8H,3-6H2,1-2H3,(H3,12,13,14). The van der Waals surface area contributed by atoms with Gasteiger partial charge in [0.05, 0.1) is 6.54 Å². The first kappa shape index (κ1) is 11.9. The molecular formula is C11H19N5O. The fourth-order valence-corrected chi connectivity index (χ4v) is 1.36. The van der Waals surface area contributed by atoms with Crippen LogP contribution in [0.3, 0.4) is 0 Å². The third-order valence-corrected chi connectivity index (χ3v) is 2.54. The molecular weight excluding hydrogens is 218 g/mol. The summed E-state index contributed by atoms with van der Waals surface area (Å²) in [4.78, 5) is 8.48. The molecule has 6 nitrogen and oxygen atoms in total. The van der Waals surface area contributed by atoms with Gasteiger partial charge in [0.15, 0.2) is 11.8 Å². The topological polar surface area (TPSA) is 89.3 Å². The molecule has 0 saturated heterocycles. The zero-order valence-electron chi connectivity index (χ0n) is 10.3. The van der Waals surface area contributed by atoms with Crippen LogP contribution in [0.4, 0.5) is 0 Å². The van der Waals surface area contributed by atoms with Gasteiger partial charge in [-0.05, 0) is 12.8 Å². The van der Waals surface area contributed by atoms with Crippen molar-refractivity contribution in [2.45, 2.75) is 45.1 Å². The third kappa shape index (κ3) is 3.72. The quantitative estimate of drug-likeness (QED) is 0.584. The summed E-state index contributed by atoms with van der Waals surface area (Å²) in [6.07, 6.45) is 3.02. The normalized spacial score (nSPS) is 16.5. The van der Waals surface area contributed by atoms with Gasteiger partial charge in [0.25, 0.3) is 0 Å². The molecule has 3 N–H and O–H groups in total. The molecule has 1 aliphatic rings. The average Bonchev–Trinajstić information content (AvgIpc) is 2.94. The van der Waals surface area contributed by atoms with Gasteiger partial charge in [0.1, 0.15) is 0 Å². The van der Waals surface area contributed by atoms with Crippen LogP contribution in [0.15, 0.2) is 9.52 Å². The Kier molecular flexibility index (Phi) is 3.61. The molecule has 0 amide bonds. The van der Waals surface area contributed by atoms with Crippen LogP contribution in [0.1, 0.15) is 44.3 Å². The molecule has 1 aromatic heterocycles. The number of nitrogens with two attached hydrogens (primary N) is 1. The highest BCUT2D eigenvalue weighted by Crippen LogP contribution is 2.18. The molecule has 0 unspecified atom stereocenters. The van der Waals surface area contributed by atoms with E-state index in [2.05, 4.69) is 20.4 Å². The zero-order chi connectivity index (χ0) is 12.3. The van der Waals surface area contributed by atoms with Crippen molar-refractivity contribution < 1.29 is 4.52 Å². The molecule has 0 radical (unpaired) electrons. The van der Waals surface area contributed by atoms with Crippen LogP contribution in [-0.2, 0) is 6.42 Å². The molecule has 0 bridgehead atoms. The van der Waals surface area contributed by atoms with Gasteiger partial charge < -0.3 is 15.6 Å². The van der Waals surface area contributed by atoms with Crippen LogP contribution in [0.25, 0.3) is 0 Å². The lowest BCUT2D eigenvalue weighted by Crippen LogP contribution is -2.33. The Labute approximate surface area is 101 Å². The van der Waals surface area contributed by atoms with E-state index in [1.165, 1.54) is 12.8 Å². The van der Waals surface area contributed by atoms with Crippen molar-refractivity contribution in [3.8, 4) is 0 Å². The summed E-state index contributed by atoms with van der Waals surface area (Å²) >= 11 is 0. The van der Waals surface area contributed by atoms with Crippen molar-refractivity contribution >= 4 is 5.96 Å². The summed E-state index contributed by atoms with van der Waals surface area (Å²) in [5.41, 5.74) is 5.70. The number of hydrogen-bond acceptors (Lipinski definition) is 4. The maximum atomic E-state index is 5.70. The smallest absolute Gasteiger partial charge is 0.228 e. The fraction of sp³-hybridized carbons (Fsp3) is 0.727. The van der Waals surface area contributed by atoms with E-state index in [1.54, 1.807) is 0 Å². The van der Waals surface area contributed by atoms with Crippen molar-refractivity contribution in [1.82, 2.24) is 15.5 Å². The summed E-state index contributed by atoms with van der Waals surface area (Å²) in [5.74, 6) is 2.17. The van der Waals surface area contributed by atoms with Gasteiger partial charge in [-0.1, -0.05) is 19.0 Å². The minimum atomic E-state index is 0.289. The second-order valence-corrected chi connectivity index (χ2v) is 4.64. The Bertz CT molecular complexity index is 394. The van der Waals surface area contributed by atoms with Crippen LogP contribution >= 0.6 is 0 Å². The fourth-order valence-electron chi connectivity index (χ4n) is 1.36. The SMILES string of the molecule is CC(C)c1noc(CCN=C(N)NC2CC2)n1. The summed E-state index contributed by atoms with van der Waals surface area (Å²) < 4.78 is 5.11. The number of nitrogens with zero attached hydrogens (tertiary/aromatic N) is 3. The molecule has 2 rings (SSSR count). The zero-order valence-corrected chi connectivity index (χ0v) is 10.3. The van der Waals surface area contributed by atoms with E-state index < -0.39 is 0 Å². The van der Waals surface area contributed by atoms with E-state index in [0.29, 0.717) is 30.9 Å². The molecule has 6 heteroatoms. The highest BCUT2D eigenvalue weighted by molar-refractivity contribution is 5.78. The lowest BCUT2D eigenvalue weighted by atomic mass is 10.2. The number of aromatic nitrogens is 2. The predicted octanol–water partition coefficient (Wildman–Crippen LogP) is 0.802. The van der Waals surface area contributed by atoms with Crippen molar-refractivity contribution in [2.24, 2.45) is 10.7 Å². The number of aliphatic imine (C=N–C) groups is 1. The van der Waals surface area contributed by atoms with Gasteiger partial charge in [-0.15, -0.1) is 0 Å². The van der Waals surface area contributed by atoms with Gasteiger partial charge >= 0.3 is 0 Å². The molecule has 0 aromatic carbocycles. The van der Waals surface area contributed by atoms with Crippen molar-refractivity contribution in [1.29, 1.82) is 0 Å². The number of rotatable bonds is 5. The predicted molar refractivity (Wildman–Crippen MR) is 64.7 cm³/mol. The monoisotopic (exact) mass is 237 g/mol. The third-order valence-electron chi connectivity index (χ3n) is 2.54. The van der Waals surface area contributed by atoms with Gasteiger partial charge in [-0.25, -0.2) is 0 Å². The Morgan fingerprint density at radius 3 is 2.94 bits per heavy atom. The van der Waals surface area contributed by atoms with Gasteiger partial charge in [0, 0.05) is 18.4 Å². The van der Waals surface area contributed by atoms with E-state index in [0.717, 1.165) is 5.82 Å². The van der Waals surface area contributed by atoms with Crippen LogP contribution in [-0.4, -0.2) is 28.7 Å². The van der Waals surface area contributed by atoms with E-state index in [1.807, 2.05) is 13.8 Å². The lowest BCUT2D eigenvalue weighted by molar-refractivity contribution is 0.372. The number of guanidine groups is 1. The minimum Gasteiger partial charge on any atom is -0.370 e. The summed E-state index contributed by atoms with van der Waals surface area (Å²) in [5, 5.41) is 7.02. The molecule has 94 valence electrons. The Balaban J connectivity index is 1.76. The molecule has 1 aliphatic carbocycles. The first-order valence-electron chi connectivity index (χ1n) is 6.04. The van der Waals surface area contributed by atoms with E-state index in [-0.39, 0.29) is 5.92 Å². The highest BCUT2D eigenvalue weighted by atomic mass is 16.5. The second kappa shape index (κ2) is 5.16. The molecule has 17 heavy (non-hydrogen) atoms. The summed E-state index contributed by atoms with van der Waals surface area (Å²) in [7, 11) is 0. The van der Waals surface area contributed by atoms with Crippen LogP contribution in [0.2, 0.25) is 0 Å². The summed E-state index contributed by atoms with van der Waals surface area (Å²) in [6, 6.07) is 0.537. The van der Waals surface area contributed by atoms with Crippen LogP contribution < -0.4 is 11.1 Å². The van der Waals surface area contributed by atoms with Crippen molar-refractivity contribution in [3.63, 3.8) is 0 Å². The Morgan fingerprint density at radius 1 is 1.59 bits per heavy atom. The highest BCUT2D eigenvalue weighted by Gasteiger charge is 2.21. The second-order valence-electron chi connectivity index (χ2n) is 4.64. The molecule has 1 fully saturated rings. The Morgan fingerprint density at radius 2 is 2.35 bits per heavy atom. The average molecular weight is 237 g/mol. The molecule has 1 saturated carbocycles. The maximum absolute atomic E-state index is 5.70. The van der Waals surface area contributed by atoms with Crippen molar-refractivity contribution in [2.75, 3.05) is 6.54 Å². The number of hydrogen-bond donors (Lipinski definition) is 2. The Hall–Kier alpha value is -1.59.